The fourth-order valence-corrected chi connectivity index (χ4v) is 2.63. The van der Waals surface area contributed by atoms with Crippen LogP contribution in [0.1, 0.15) is 30.1 Å². The molecule has 1 aromatic carbocycles. The standard InChI is InChI=1S/C14H19ClN2O/c1-10-6-7-17(13(8-10)9-16)14(18)11-2-4-12(15)5-3-11/h2-5,10,13H,6-9,16H2,1H3. The van der Waals surface area contributed by atoms with Crippen LogP contribution in [0.3, 0.4) is 0 Å². The minimum atomic E-state index is 0.0639. The highest BCUT2D eigenvalue weighted by Crippen LogP contribution is 2.24. The number of piperidine rings is 1. The summed E-state index contributed by atoms with van der Waals surface area (Å²) < 4.78 is 0. The lowest BCUT2D eigenvalue weighted by Gasteiger charge is -2.38. The van der Waals surface area contributed by atoms with Crippen LogP contribution >= 0.6 is 11.6 Å². The molecule has 0 saturated carbocycles. The van der Waals surface area contributed by atoms with E-state index in [0.717, 1.165) is 19.4 Å². The Morgan fingerprint density at radius 3 is 2.72 bits per heavy atom. The van der Waals surface area contributed by atoms with Gasteiger partial charge in [0.25, 0.3) is 5.91 Å². The Kier molecular flexibility index (Phi) is 4.25. The van der Waals surface area contributed by atoms with Crippen molar-refractivity contribution >= 4 is 17.5 Å². The first-order chi connectivity index (χ1) is 8.61. The molecule has 2 rings (SSSR count). The largest absolute Gasteiger partial charge is 0.334 e. The normalized spacial score (nSPS) is 24.1. The number of amides is 1. The second kappa shape index (κ2) is 5.72. The van der Waals surface area contributed by atoms with Gasteiger partial charge in [-0.3, -0.25) is 4.79 Å². The highest BCUT2D eigenvalue weighted by Gasteiger charge is 2.29. The average Bonchev–Trinajstić information content (AvgIpc) is 2.38. The molecule has 4 heteroatoms. The number of rotatable bonds is 2. The van der Waals surface area contributed by atoms with Gasteiger partial charge in [-0.05, 0) is 43.0 Å². The first kappa shape index (κ1) is 13.4. The van der Waals surface area contributed by atoms with Crippen LogP contribution in [0.25, 0.3) is 0 Å². The van der Waals surface area contributed by atoms with Crippen LogP contribution in [0.4, 0.5) is 0 Å². The van der Waals surface area contributed by atoms with Gasteiger partial charge < -0.3 is 10.6 Å². The third-order valence-electron chi connectivity index (χ3n) is 3.60. The molecule has 18 heavy (non-hydrogen) atoms. The Morgan fingerprint density at radius 2 is 2.11 bits per heavy atom. The molecule has 0 bridgehead atoms. The van der Waals surface area contributed by atoms with Crippen molar-refractivity contribution in [2.75, 3.05) is 13.1 Å². The van der Waals surface area contributed by atoms with Crippen LogP contribution in [-0.2, 0) is 0 Å². The lowest BCUT2D eigenvalue weighted by molar-refractivity contribution is 0.0573. The molecule has 1 fully saturated rings. The molecule has 3 nitrogen and oxygen atoms in total. The van der Waals surface area contributed by atoms with E-state index in [-0.39, 0.29) is 11.9 Å². The molecule has 1 saturated heterocycles. The molecule has 0 radical (unpaired) electrons. The van der Waals surface area contributed by atoms with Gasteiger partial charge in [0, 0.05) is 29.7 Å². The second-order valence-corrected chi connectivity index (χ2v) is 5.46. The monoisotopic (exact) mass is 266 g/mol. The van der Waals surface area contributed by atoms with Gasteiger partial charge in [-0.2, -0.15) is 0 Å². The Morgan fingerprint density at radius 1 is 1.44 bits per heavy atom. The summed E-state index contributed by atoms with van der Waals surface area (Å²) in [5.74, 6) is 0.710. The van der Waals surface area contributed by atoms with E-state index >= 15 is 0 Å². The summed E-state index contributed by atoms with van der Waals surface area (Å²) in [7, 11) is 0. The molecule has 1 amide bonds. The molecular formula is C14H19ClN2O. The van der Waals surface area contributed by atoms with E-state index in [1.54, 1.807) is 24.3 Å². The fraction of sp³-hybridized carbons (Fsp3) is 0.500. The molecular weight excluding hydrogens is 248 g/mol. The van der Waals surface area contributed by atoms with E-state index in [1.165, 1.54) is 0 Å². The summed E-state index contributed by atoms with van der Waals surface area (Å²) in [5.41, 5.74) is 6.47. The number of halogens is 1. The summed E-state index contributed by atoms with van der Waals surface area (Å²) in [6, 6.07) is 7.21. The number of nitrogens with zero attached hydrogens (tertiary/aromatic N) is 1. The number of nitrogens with two attached hydrogens (primary N) is 1. The van der Waals surface area contributed by atoms with E-state index in [2.05, 4.69) is 6.92 Å². The van der Waals surface area contributed by atoms with Gasteiger partial charge in [0.15, 0.2) is 0 Å². The van der Waals surface area contributed by atoms with Crippen LogP contribution in [-0.4, -0.2) is 29.9 Å². The zero-order chi connectivity index (χ0) is 13.1. The number of carbonyl (C=O) groups excluding carboxylic acids is 1. The maximum absolute atomic E-state index is 12.4. The molecule has 2 atom stereocenters. The van der Waals surface area contributed by atoms with Gasteiger partial charge in [0.05, 0.1) is 0 Å². The number of hydrogen-bond acceptors (Lipinski definition) is 2. The van der Waals surface area contributed by atoms with Crippen LogP contribution < -0.4 is 5.73 Å². The van der Waals surface area contributed by atoms with Crippen molar-refractivity contribution in [1.82, 2.24) is 4.90 Å². The van der Waals surface area contributed by atoms with Crippen molar-refractivity contribution < 1.29 is 4.79 Å². The van der Waals surface area contributed by atoms with Gasteiger partial charge in [-0.25, -0.2) is 0 Å². The fourth-order valence-electron chi connectivity index (χ4n) is 2.50. The topological polar surface area (TPSA) is 46.3 Å². The van der Waals surface area contributed by atoms with Gasteiger partial charge in [0.1, 0.15) is 0 Å². The molecule has 2 unspecified atom stereocenters. The zero-order valence-corrected chi connectivity index (χ0v) is 11.4. The predicted octanol–water partition coefficient (Wildman–Crippen LogP) is 2.54. The van der Waals surface area contributed by atoms with Crippen molar-refractivity contribution in [3.8, 4) is 0 Å². The Balaban J connectivity index is 2.14. The molecule has 98 valence electrons. The van der Waals surface area contributed by atoms with Crippen molar-refractivity contribution in [3.63, 3.8) is 0 Å². The summed E-state index contributed by atoms with van der Waals surface area (Å²) in [6.45, 7) is 3.54. The molecule has 0 aliphatic carbocycles. The van der Waals surface area contributed by atoms with Crippen LogP contribution in [0.2, 0.25) is 5.02 Å². The van der Waals surface area contributed by atoms with Gasteiger partial charge in [-0.1, -0.05) is 18.5 Å². The van der Waals surface area contributed by atoms with Gasteiger partial charge >= 0.3 is 0 Å². The van der Waals surface area contributed by atoms with Crippen molar-refractivity contribution in [2.24, 2.45) is 11.7 Å². The lowest BCUT2D eigenvalue weighted by atomic mass is 9.92. The third-order valence-corrected chi connectivity index (χ3v) is 3.85. The number of likely N-dealkylation sites (tertiary alicyclic amines) is 1. The van der Waals surface area contributed by atoms with E-state index in [4.69, 9.17) is 17.3 Å². The van der Waals surface area contributed by atoms with E-state index in [1.807, 2.05) is 4.90 Å². The summed E-state index contributed by atoms with van der Waals surface area (Å²) in [6.07, 6.45) is 2.05. The molecule has 1 aliphatic heterocycles. The minimum Gasteiger partial charge on any atom is -0.334 e. The van der Waals surface area contributed by atoms with Crippen molar-refractivity contribution in [1.29, 1.82) is 0 Å². The Hall–Kier alpha value is -1.06. The molecule has 1 heterocycles. The minimum absolute atomic E-state index is 0.0639. The summed E-state index contributed by atoms with van der Waals surface area (Å²) in [5, 5.41) is 0.647. The van der Waals surface area contributed by atoms with Crippen molar-refractivity contribution in [2.45, 2.75) is 25.8 Å². The highest BCUT2D eigenvalue weighted by molar-refractivity contribution is 6.30. The molecule has 0 spiro atoms. The van der Waals surface area contributed by atoms with E-state index < -0.39 is 0 Å². The number of hydrogen-bond donors (Lipinski definition) is 1. The van der Waals surface area contributed by atoms with Gasteiger partial charge in [-0.15, -0.1) is 0 Å². The third kappa shape index (κ3) is 2.85. The summed E-state index contributed by atoms with van der Waals surface area (Å²) >= 11 is 5.83. The molecule has 1 aliphatic rings. The van der Waals surface area contributed by atoms with Crippen LogP contribution in [0, 0.1) is 5.92 Å². The first-order valence-electron chi connectivity index (χ1n) is 6.38. The average molecular weight is 267 g/mol. The molecule has 2 N–H and O–H groups in total. The SMILES string of the molecule is CC1CCN(C(=O)c2ccc(Cl)cc2)C(CN)C1. The highest BCUT2D eigenvalue weighted by atomic mass is 35.5. The maximum Gasteiger partial charge on any atom is 0.254 e. The molecule has 0 aromatic heterocycles. The Labute approximate surface area is 113 Å². The second-order valence-electron chi connectivity index (χ2n) is 5.02. The smallest absolute Gasteiger partial charge is 0.254 e. The van der Waals surface area contributed by atoms with Crippen LogP contribution in [0.15, 0.2) is 24.3 Å². The maximum atomic E-state index is 12.4. The van der Waals surface area contributed by atoms with E-state index in [0.29, 0.717) is 23.0 Å². The van der Waals surface area contributed by atoms with Crippen molar-refractivity contribution in [3.05, 3.63) is 34.9 Å². The Bertz CT molecular complexity index is 418. The number of carbonyl (C=O) groups is 1. The summed E-state index contributed by atoms with van der Waals surface area (Å²) in [4.78, 5) is 14.3. The zero-order valence-electron chi connectivity index (χ0n) is 10.6. The first-order valence-corrected chi connectivity index (χ1v) is 6.76. The predicted molar refractivity (Wildman–Crippen MR) is 73.7 cm³/mol. The molecule has 1 aromatic rings. The quantitative estimate of drug-likeness (QED) is 0.894. The number of benzene rings is 1. The van der Waals surface area contributed by atoms with Gasteiger partial charge in [0.2, 0.25) is 0 Å². The lowest BCUT2D eigenvalue weighted by Crippen LogP contribution is -2.49. The van der Waals surface area contributed by atoms with Crippen LogP contribution in [0.5, 0.6) is 0 Å². The van der Waals surface area contributed by atoms with E-state index in [9.17, 15) is 4.79 Å².